The topological polar surface area (TPSA) is 23.8 Å². The molecule has 0 bridgehead atoms. The quantitative estimate of drug-likeness (QED) is 0.764. The molecule has 21 heavy (non-hydrogen) atoms. The average molecular weight is 273 g/mol. The predicted molar refractivity (Wildman–Crippen MR) is 84.8 cm³/mol. The minimum atomic E-state index is -0.428. The van der Waals surface area contributed by atoms with Gasteiger partial charge in [0.2, 0.25) is 0 Å². The summed E-state index contributed by atoms with van der Waals surface area (Å²) >= 11 is 0. The molecular formula is C20H19N. The molecule has 0 spiro atoms. The molecule has 2 aromatic carbocycles. The molecule has 2 aliphatic rings. The van der Waals surface area contributed by atoms with Gasteiger partial charge in [0.25, 0.3) is 0 Å². The van der Waals surface area contributed by atoms with Crippen LogP contribution in [0.4, 0.5) is 0 Å². The summed E-state index contributed by atoms with van der Waals surface area (Å²) in [4.78, 5) is 0. The number of hydrogen-bond donors (Lipinski definition) is 0. The Kier molecular flexibility index (Phi) is 2.86. The van der Waals surface area contributed by atoms with E-state index in [-0.39, 0.29) is 0 Å². The zero-order valence-corrected chi connectivity index (χ0v) is 12.2. The molecule has 104 valence electrons. The van der Waals surface area contributed by atoms with Gasteiger partial charge >= 0.3 is 0 Å². The molecule has 0 heterocycles. The largest absolute Gasteiger partial charge is 0.197 e. The van der Waals surface area contributed by atoms with E-state index in [0.29, 0.717) is 0 Å². The Bertz CT molecular complexity index is 673. The van der Waals surface area contributed by atoms with E-state index >= 15 is 0 Å². The van der Waals surface area contributed by atoms with Gasteiger partial charge in [0.1, 0.15) is 5.41 Å². The summed E-state index contributed by atoms with van der Waals surface area (Å²) in [5.41, 5.74) is 4.50. The van der Waals surface area contributed by atoms with Gasteiger partial charge in [-0.15, -0.1) is 0 Å². The Morgan fingerprint density at radius 3 is 2.05 bits per heavy atom. The van der Waals surface area contributed by atoms with Gasteiger partial charge in [-0.3, -0.25) is 0 Å². The van der Waals surface area contributed by atoms with Gasteiger partial charge < -0.3 is 0 Å². The van der Waals surface area contributed by atoms with Crippen LogP contribution in [0.5, 0.6) is 0 Å². The second kappa shape index (κ2) is 4.74. The number of benzene rings is 2. The molecule has 2 aliphatic carbocycles. The fraction of sp³-hybridized carbons (Fsp3) is 0.350. The van der Waals surface area contributed by atoms with Crippen LogP contribution in [-0.4, -0.2) is 0 Å². The highest BCUT2D eigenvalue weighted by Gasteiger charge is 2.43. The smallest absolute Gasteiger partial charge is 0.108 e. The first-order chi connectivity index (χ1) is 10.3. The Balaban J connectivity index is 1.79. The molecule has 0 atom stereocenters. The van der Waals surface area contributed by atoms with Gasteiger partial charge in [-0.2, -0.15) is 5.26 Å². The summed E-state index contributed by atoms with van der Waals surface area (Å²) in [7, 11) is 0. The lowest BCUT2D eigenvalue weighted by molar-refractivity contribution is 0.533. The Labute approximate surface area is 126 Å². The lowest BCUT2D eigenvalue weighted by atomic mass is 9.75. The molecule has 0 amide bonds. The molecule has 0 radical (unpaired) electrons. The maximum Gasteiger partial charge on any atom is 0.108 e. The summed E-state index contributed by atoms with van der Waals surface area (Å²) < 4.78 is 0. The third-order valence-electron chi connectivity index (χ3n) is 5.12. The minimum absolute atomic E-state index is 0.428. The summed E-state index contributed by atoms with van der Waals surface area (Å²) in [5, 5.41) is 10.0. The molecule has 0 N–H and O–H groups in total. The molecule has 4 rings (SSSR count). The van der Waals surface area contributed by atoms with E-state index < -0.39 is 5.41 Å². The number of nitriles is 1. The maximum atomic E-state index is 10.0. The molecule has 1 saturated carbocycles. The summed E-state index contributed by atoms with van der Waals surface area (Å²) in [6.07, 6.45) is 6.18. The highest BCUT2D eigenvalue weighted by atomic mass is 14.5. The van der Waals surface area contributed by atoms with Crippen LogP contribution in [0.3, 0.4) is 0 Å². The van der Waals surface area contributed by atoms with Crippen molar-refractivity contribution in [3.05, 3.63) is 59.7 Å². The van der Waals surface area contributed by atoms with E-state index in [1.807, 2.05) is 0 Å². The van der Waals surface area contributed by atoms with Crippen LogP contribution in [0.25, 0.3) is 11.1 Å². The zero-order valence-electron chi connectivity index (χ0n) is 12.2. The van der Waals surface area contributed by atoms with Gasteiger partial charge in [-0.25, -0.2) is 0 Å². The Morgan fingerprint density at radius 1 is 0.952 bits per heavy atom. The van der Waals surface area contributed by atoms with Crippen molar-refractivity contribution in [2.24, 2.45) is 5.92 Å². The second-order valence-corrected chi connectivity index (χ2v) is 6.44. The summed E-state index contributed by atoms with van der Waals surface area (Å²) in [6.45, 7) is 0. The third kappa shape index (κ3) is 1.90. The fourth-order valence-corrected chi connectivity index (χ4v) is 3.83. The van der Waals surface area contributed by atoms with E-state index in [0.717, 1.165) is 18.8 Å². The SMILES string of the molecule is N#CC1(CCCC2CC2)c2ccccc2-c2ccccc21. The Morgan fingerprint density at radius 2 is 1.52 bits per heavy atom. The predicted octanol–water partition coefficient (Wildman–Crippen LogP) is 5.06. The van der Waals surface area contributed by atoms with Crippen molar-refractivity contribution in [2.45, 2.75) is 37.5 Å². The van der Waals surface area contributed by atoms with E-state index in [2.05, 4.69) is 54.6 Å². The van der Waals surface area contributed by atoms with Crippen molar-refractivity contribution in [3.8, 4) is 17.2 Å². The van der Waals surface area contributed by atoms with Crippen molar-refractivity contribution in [1.29, 1.82) is 5.26 Å². The number of nitrogens with zero attached hydrogens (tertiary/aromatic N) is 1. The van der Waals surface area contributed by atoms with E-state index in [1.165, 1.54) is 41.5 Å². The Hall–Kier alpha value is -2.07. The zero-order chi connectivity index (χ0) is 14.3. The molecular weight excluding hydrogens is 254 g/mol. The fourth-order valence-electron chi connectivity index (χ4n) is 3.83. The van der Waals surface area contributed by atoms with Crippen LogP contribution >= 0.6 is 0 Å². The number of fused-ring (bicyclic) bond motifs is 3. The number of rotatable bonds is 4. The molecule has 0 aliphatic heterocycles. The van der Waals surface area contributed by atoms with Crippen LogP contribution in [0.2, 0.25) is 0 Å². The van der Waals surface area contributed by atoms with Crippen molar-refractivity contribution < 1.29 is 0 Å². The standard InChI is InChI=1S/C20H19N/c21-14-20(13-5-6-15-11-12-15)18-9-3-1-7-16(18)17-8-2-4-10-19(17)20/h1-4,7-10,15H,5-6,11-13H2. The molecule has 0 aromatic heterocycles. The first-order valence-corrected chi connectivity index (χ1v) is 7.96. The lowest BCUT2D eigenvalue weighted by Gasteiger charge is -2.24. The van der Waals surface area contributed by atoms with Crippen molar-refractivity contribution in [1.82, 2.24) is 0 Å². The summed E-state index contributed by atoms with van der Waals surface area (Å²) in [5.74, 6) is 0.938. The first kappa shape index (κ1) is 12.7. The van der Waals surface area contributed by atoms with Crippen molar-refractivity contribution >= 4 is 0 Å². The molecule has 0 unspecified atom stereocenters. The third-order valence-corrected chi connectivity index (χ3v) is 5.12. The second-order valence-electron chi connectivity index (χ2n) is 6.44. The van der Waals surface area contributed by atoms with Gasteiger partial charge in [-0.05, 0) is 34.6 Å². The van der Waals surface area contributed by atoms with Crippen LogP contribution in [-0.2, 0) is 5.41 Å². The van der Waals surface area contributed by atoms with E-state index in [4.69, 9.17) is 0 Å². The first-order valence-electron chi connectivity index (χ1n) is 7.96. The van der Waals surface area contributed by atoms with Crippen molar-refractivity contribution in [2.75, 3.05) is 0 Å². The normalized spacial score (nSPS) is 17.9. The van der Waals surface area contributed by atoms with Crippen LogP contribution in [0.1, 0.15) is 43.2 Å². The van der Waals surface area contributed by atoms with Gasteiger partial charge in [-0.1, -0.05) is 74.2 Å². The highest BCUT2D eigenvalue weighted by Crippen LogP contribution is 2.51. The van der Waals surface area contributed by atoms with Crippen LogP contribution in [0.15, 0.2) is 48.5 Å². The molecule has 1 heteroatoms. The van der Waals surface area contributed by atoms with E-state index in [9.17, 15) is 5.26 Å². The average Bonchev–Trinajstić information content (AvgIpc) is 3.32. The van der Waals surface area contributed by atoms with Crippen LogP contribution < -0.4 is 0 Å². The van der Waals surface area contributed by atoms with E-state index in [1.54, 1.807) is 0 Å². The molecule has 0 saturated heterocycles. The molecule has 1 fully saturated rings. The van der Waals surface area contributed by atoms with Gasteiger partial charge in [0, 0.05) is 0 Å². The monoisotopic (exact) mass is 273 g/mol. The molecule has 2 aromatic rings. The van der Waals surface area contributed by atoms with Crippen LogP contribution in [0, 0.1) is 17.2 Å². The van der Waals surface area contributed by atoms with Crippen molar-refractivity contribution in [3.63, 3.8) is 0 Å². The lowest BCUT2D eigenvalue weighted by Crippen LogP contribution is -2.23. The number of hydrogen-bond acceptors (Lipinski definition) is 1. The summed E-state index contributed by atoms with van der Waals surface area (Å²) in [6, 6.07) is 19.6. The van der Waals surface area contributed by atoms with Gasteiger partial charge in [0.05, 0.1) is 6.07 Å². The molecule has 1 nitrogen and oxygen atoms in total. The minimum Gasteiger partial charge on any atom is -0.197 e. The maximum absolute atomic E-state index is 10.0. The highest BCUT2D eigenvalue weighted by molar-refractivity contribution is 5.82. The van der Waals surface area contributed by atoms with Gasteiger partial charge in [0.15, 0.2) is 0 Å².